The molecule has 17 heavy (non-hydrogen) atoms. The first-order chi connectivity index (χ1) is 7.83. The van der Waals surface area contributed by atoms with Crippen LogP contribution in [0.15, 0.2) is 0 Å². The number of rotatable bonds is 2. The lowest BCUT2D eigenvalue weighted by molar-refractivity contribution is 0.226. The molecular weight excluding hydrogens is 234 g/mol. The summed E-state index contributed by atoms with van der Waals surface area (Å²) in [6, 6.07) is -0.145. The highest BCUT2D eigenvalue weighted by Gasteiger charge is 2.44. The van der Waals surface area contributed by atoms with E-state index >= 15 is 0 Å². The second-order valence-corrected chi connectivity index (χ2v) is 9.06. The summed E-state index contributed by atoms with van der Waals surface area (Å²) >= 11 is 0. The summed E-state index contributed by atoms with van der Waals surface area (Å²) in [4.78, 5) is 0. The number of hydrogen-bond acceptors (Lipinski definition) is 3. The first kappa shape index (κ1) is 13.3. The van der Waals surface area contributed by atoms with Crippen LogP contribution >= 0.6 is 0 Å². The van der Waals surface area contributed by atoms with Gasteiger partial charge in [-0.3, -0.25) is 0 Å². The Balaban J connectivity index is 2.19. The molecule has 100 valence electrons. The summed E-state index contributed by atoms with van der Waals surface area (Å²) < 4.78 is 25.2. The van der Waals surface area contributed by atoms with Crippen molar-refractivity contribution in [1.29, 1.82) is 0 Å². The van der Waals surface area contributed by atoms with Crippen LogP contribution in [0.3, 0.4) is 0 Å². The third kappa shape index (κ3) is 2.68. The van der Waals surface area contributed by atoms with E-state index in [1.807, 2.05) is 0 Å². The minimum Gasteiger partial charge on any atom is -0.327 e. The minimum absolute atomic E-state index is 0.104. The lowest BCUT2D eigenvalue weighted by Crippen LogP contribution is -2.49. The van der Waals surface area contributed by atoms with E-state index in [0.717, 1.165) is 44.9 Å². The zero-order valence-electron chi connectivity index (χ0n) is 11.0. The van der Waals surface area contributed by atoms with Crippen LogP contribution in [0.1, 0.15) is 58.8 Å². The largest absolute Gasteiger partial charge is 0.327 e. The average molecular weight is 259 g/mol. The summed E-state index contributed by atoms with van der Waals surface area (Å²) in [5.74, 6) is 0. The maximum absolute atomic E-state index is 12.6. The Bertz CT molecular complexity index is 369. The summed E-state index contributed by atoms with van der Waals surface area (Å²) in [6.45, 7) is 4.33. The zero-order chi connectivity index (χ0) is 12.7. The Morgan fingerprint density at radius 3 is 2.29 bits per heavy atom. The SMILES string of the molecule is CC1(C)CCC(N)C(S(=O)(=O)C2CCCC2)C1. The van der Waals surface area contributed by atoms with Crippen molar-refractivity contribution in [3.05, 3.63) is 0 Å². The third-order valence-corrected chi connectivity index (χ3v) is 7.34. The van der Waals surface area contributed by atoms with Gasteiger partial charge >= 0.3 is 0 Å². The molecule has 0 aromatic heterocycles. The quantitative estimate of drug-likeness (QED) is 0.827. The Morgan fingerprint density at radius 1 is 1.12 bits per heavy atom. The Kier molecular flexibility index (Phi) is 3.56. The van der Waals surface area contributed by atoms with Gasteiger partial charge in [0.1, 0.15) is 0 Å². The van der Waals surface area contributed by atoms with Crippen molar-refractivity contribution in [2.45, 2.75) is 75.3 Å². The van der Waals surface area contributed by atoms with E-state index in [2.05, 4.69) is 13.8 Å². The standard InChI is InChI=1S/C13H25NO2S/c1-13(2)8-7-11(14)12(9-13)17(15,16)10-5-3-4-6-10/h10-12H,3-9,14H2,1-2H3. The molecule has 4 heteroatoms. The van der Waals surface area contributed by atoms with Crippen LogP contribution in [-0.2, 0) is 9.84 Å². The Morgan fingerprint density at radius 2 is 1.71 bits per heavy atom. The lowest BCUT2D eigenvalue weighted by Gasteiger charge is -2.39. The summed E-state index contributed by atoms with van der Waals surface area (Å²) in [5, 5.41) is -0.401. The Labute approximate surface area is 105 Å². The van der Waals surface area contributed by atoms with E-state index in [1.165, 1.54) is 0 Å². The van der Waals surface area contributed by atoms with Crippen LogP contribution in [0.4, 0.5) is 0 Å². The van der Waals surface area contributed by atoms with Gasteiger partial charge in [-0.1, -0.05) is 26.7 Å². The van der Waals surface area contributed by atoms with Crippen LogP contribution in [0.5, 0.6) is 0 Å². The monoisotopic (exact) mass is 259 g/mol. The van der Waals surface area contributed by atoms with Gasteiger partial charge in [0.2, 0.25) is 0 Å². The topological polar surface area (TPSA) is 60.2 Å². The molecule has 0 saturated heterocycles. The molecular formula is C13H25NO2S. The first-order valence-corrected chi connectivity index (χ1v) is 8.42. The average Bonchev–Trinajstić information content (AvgIpc) is 2.75. The fourth-order valence-electron chi connectivity index (χ4n) is 3.37. The summed E-state index contributed by atoms with van der Waals surface area (Å²) in [5.41, 5.74) is 6.21. The van der Waals surface area contributed by atoms with E-state index in [4.69, 9.17) is 5.73 Å². The number of hydrogen-bond donors (Lipinski definition) is 1. The van der Waals surface area contributed by atoms with Gasteiger partial charge in [0.25, 0.3) is 0 Å². The van der Waals surface area contributed by atoms with Crippen molar-refractivity contribution in [3.8, 4) is 0 Å². The summed E-state index contributed by atoms with van der Waals surface area (Å²) in [6.07, 6.45) is 6.48. The normalized spacial score (nSPS) is 35.0. The minimum atomic E-state index is -3.01. The van der Waals surface area contributed by atoms with E-state index in [9.17, 15) is 8.42 Å². The maximum atomic E-state index is 12.6. The van der Waals surface area contributed by atoms with Gasteiger partial charge in [0.05, 0.1) is 10.5 Å². The molecule has 2 aliphatic carbocycles. The molecule has 2 atom stereocenters. The van der Waals surface area contributed by atoms with Gasteiger partial charge in [-0.05, 0) is 37.5 Å². The van der Waals surface area contributed by atoms with Crippen LogP contribution in [0, 0.1) is 5.41 Å². The molecule has 2 fully saturated rings. The lowest BCUT2D eigenvalue weighted by atomic mass is 9.75. The van der Waals surface area contributed by atoms with Crippen LogP contribution in [-0.4, -0.2) is 25.0 Å². The predicted octanol–water partition coefficient (Wildman–Crippen LogP) is 2.25. The van der Waals surface area contributed by atoms with Crippen molar-refractivity contribution < 1.29 is 8.42 Å². The molecule has 0 spiro atoms. The van der Waals surface area contributed by atoms with Crippen molar-refractivity contribution in [2.75, 3.05) is 0 Å². The second-order valence-electron chi connectivity index (χ2n) is 6.60. The fraction of sp³-hybridized carbons (Fsp3) is 1.00. The first-order valence-electron chi connectivity index (χ1n) is 6.81. The van der Waals surface area contributed by atoms with Crippen molar-refractivity contribution >= 4 is 9.84 Å². The van der Waals surface area contributed by atoms with E-state index in [0.29, 0.717) is 0 Å². The molecule has 2 rings (SSSR count). The molecule has 2 unspecified atom stereocenters. The second kappa shape index (κ2) is 4.54. The Hall–Kier alpha value is -0.0900. The molecule has 2 saturated carbocycles. The third-order valence-electron chi connectivity index (χ3n) is 4.57. The predicted molar refractivity (Wildman–Crippen MR) is 70.6 cm³/mol. The molecule has 0 aliphatic heterocycles. The molecule has 0 aromatic carbocycles. The smallest absolute Gasteiger partial charge is 0.157 e. The molecule has 0 aromatic rings. The fourth-order valence-corrected chi connectivity index (χ4v) is 6.16. The van der Waals surface area contributed by atoms with Gasteiger partial charge in [0.15, 0.2) is 9.84 Å². The van der Waals surface area contributed by atoms with Gasteiger partial charge < -0.3 is 5.73 Å². The number of nitrogens with two attached hydrogens (primary N) is 1. The van der Waals surface area contributed by atoms with Crippen molar-refractivity contribution in [2.24, 2.45) is 11.1 Å². The molecule has 3 nitrogen and oxygen atoms in total. The van der Waals surface area contributed by atoms with Gasteiger partial charge in [-0.2, -0.15) is 0 Å². The molecule has 0 heterocycles. The highest BCUT2D eigenvalue weighted by molar-refractivity contribution is 7.92. The van der Waals surface area contributed by atoms with Gasteiger partial charge in [0, 0.05) is 6.04 Å². The molecule has 0 amide bonds. The van der Waals surface area contributed by atoms with Crippen LogP contribution < -0.4 is 5.73 Å². The molecule has 2 N–H and O–H groups in total. The van der Waals surface area contributed by atoms with Crippen LogP contribution in [0.25, 0.3) is 0 Å². The highest BCUT2D eigenvalue weighted by atomic mass is 32.2. The highest BCUT2D eigenvalue weighted by Crippen LogP contribution is 2.40. The van der Waals surface area contributed by atoms with Gasteiger partial charge in [-0.15, -0.1) is 0 Å². The van der Waals surface area contributed by atoms with E-state index < -0.39 is 9.84 Å². The maximum Gasteiger partial charge on any atom is 0.157 e. The molecule has 0 radical (unpaired) electrons. The van der Waals surface area contributed by atoms with Crippen molar-refractivity contribution in [1.82, 2.24) is 0 Å². The molecule has 2 aliphatic rings. The van der Waals surface area contributed by atoms with Crippen LogP contribution in [0.2, 0.25) is 0 Å². The van der Waals surface area contributed by atoms with Gasteiger partial charge in [-0.25, -0.2) is 8.42 Å². The van der Waals surface area contributed by atoms with E-state index in [-0.39, 0.29) is 22.0 Å². The number of sulfone groups is 1. The van der Waals surface area contributed by atoms with Crippen molar-refractivity contribution in [3.63, 3.8) is 0 Å². The zero-order valence-corrected chi connectivity index (χ0v) is 11.8. The molecule has 0 bridgehead atoms. The van der Waals surface area contributed by atoms with E-state index in [1.54, 1.807) is 0 Å². The summed E-state index contributed by atoms with van der Waals surface area (Å²) in [7, 11) is -3.01.